The molecule has 2 nitrogen and oxygen atoms in total. The summed E-state index contributed by atoms with van der Waals surface area (Å²) >= 11 is 1.31. The smallest absolute Gasteiger partial charge is 0.336 e. The minimum absolute atomic E-state index is 0.240. The molecule has 0 fully saturated rings. The normalized spacial score (nSPS) is 10.4. The first-order valence-corrected chi connectivity index (χ1v) is 5.54. The lowest BCUT2D eigenvalue weighted by Gasteiger charge is -2.02. The molecule has 0 spiro atoms. The van der Waals surface area contributed by atoms with E-state index in [1.165, 1.54) is 23.5 Å². The largest absolute Gasteiger partial charge is 0.478 e. The van der Waals surface area contributed by atoms with Gasteiger partial charge in [-0.25, -0.2) is 9.18 Å². The standard InChI is InChI=1S/C12H9FO2S/c1-7-2-3-9(13)5-10(7)11-4-8(6-16-11)12(14)15/h2-6H,1H3,(H,14,15). The molecular formula is C12H9FO2S. The summed E-state index contributed by atoms with van der Waals surface area (Å²) in [6.45, 7) is 1.87. The van der Waals surface area contributed by atoms with Gasteiger partial charge in [0, 0.05) is 10.3 Å². The van der Waals surface area contributed by atoms with Crippen molar-refractivity contribution in [3.8, 4) is 10.4 Å². The van der Waals surface area contributed by atoms with E-state index in [1.54, 1.807) is 17.5 Å². The van der Waals surface area contributed by atoms with Gasteiger partial charge >= 0.3 is 5.97 Å². The lowest BCUT2D eigenvalue weighted by molar-refractivity contribution is 0.0697. The first-order valence-electron chi connectivity index (χ1n) is 4.66. The van der Waals surface area contributed by atoms with Gasteiger partial charge in [0.25, 0.3) is 0 Å². The van der Waals surface area contributed by atoms with Gasteiger partial charge in [-0.1, -0.05) is 6.07 Å². The molecule has 0 amide bonds. The summed E-state index contributed by atoms with van der Waals surface area (Å²) in [5, 5.41) is 10.4. The van der Waals surface area contributed by atoms with E-state index in [-0.39, 0.29) is 11.4 Å². The van der Waals surface area contributed by atoms with E-state index in [0.29, 0.717) is 0 Å². The van der Waals surface area contributed by atoms with E-state index in [1.807, 2.05) is 6.92 Å². The Morgan fingerprint density at radius 2 is 2.12 bits per heavy atom. The third kappa shape index (κ3) is 1.97. The average molecular weight is 236 g/mol. The zero-order valence-electron chi connectivity index (χ0n) is 8.53. The molecule has 2 aromatic rings. The maximum atomic E-state index is 13.1. The first kappa shape index (κ1) is 10.8. The molecule has 0 atom stereocenters. The summed E-state index contributed by atoms with van der Waals surface area (Å²) in [4.78, 5) is 11.5. The van der Waals surface area contributed by atoms with Crippen LogP contribution >= 0.6 is 11.3 Å². The van der Waals surface area contributed by atoms with Gasteiger partial charge in [-0.15, -0.1) is 11.3 Å². The Hall–Kier alpha value is -1.68. The number of aromatic carboxylic acids is 1. The highest BCUT2D eigenvalue weighted by atomic mass is 32.1. The number of hydrogen-bond donors (Lipinski definition) is 1. The molecule has 0 radical (unpaired) electrons. The Morgan fingerprint density at radius 1 is 1.38 bits per heavy atom. The van der Waals surface area contributed by atoms with E-state index >= 15 is 0 Å². The van der Waals surface area contributed by atoms with Crippen LogP contribution in [0.3, 0.4) is 0 Å². The molecule has 1 N–H and O–H groups in total. The number of rotatable bonds is 2. The van der Waals surface area contributed by atoms with Gasteiger partial charge in [-0.2, -0.15) is 0 Å². The Morgan fingerprint density at radius 3 is 2.75 bits per heavy atom. The summed E-state index contributed by atoms with van der Waals surface area (Å²) in [5.74, 6) is -1.28. The second kappa shape index (κ2) is 4.06. The van der Waals surface area contributed by atoms with Gasteiger partial charge < -0.3 is 5.11 Å². The van der Waals surface area contributed by atoms with Crippen molar-refractivity contribution in [1.82, 2.24) is 0 Å². The maximum absolute atomic E-state index is 13.1. The predicted octanol–water partition coefficient (Wildman–Crippen LogP) is 3.56. The molecule has 0 aliphatic rings. The number of carbonyl (C=O) groups is 1. The number of halogens is 1. The third-order valence-corrected chi connectivity index (χ3v) is 3.27. The van der Waals surface area contributed by atoms with Crippen molar-refractivity contribution in [2.24, 2.45) is 0 Å². The molecule has 1 heterocycles. The van der Waals surface area contributed by atoms with Gasteiger partial charge in [-0.3, -0.25) is 0 Å². The molecule has 0 unspecified atom stereocenters. The maximum Gasteiger partial charge on any atom is 0.336 e. The van der Waals surface area contributed by atoms with Crippen LogP contribution in [0.15, 0.2) is 29.6 Å². The molecule has 1 aromatic heterocycles. The van der Waals surface area contributed by atoms with Crippen LogP contribution < -0.4 is 0 Å². The molecule has 2 rings (SSSR count). The van der Waals surface area contributed by atoms with Crippen molar-refractivity contribution in [1.29, 1.82) is 0 Å². The molecule has 0 saturated heterocycles. The molecule has 0 aliphatic carbocycles. The topological polar surface area (TPSA) is 37.3 Å². The lowest BCUT2D eigenvalue weighted by atomic mass is 10.1. The molecular weight excluding hydrogens is 227 g/mol. The second-order valence-electron chi connectivity index (χ2n) is 3.46. The Labute approximate surface area is 96.0 Å². The van der Waals surface area contributed by atoms with E-state index in [2.05, 4.69) is 0 Å². The van der Waals surface area contributed by atoms with Crippen LogP contribution in [0.5, 0.6) is 0 Å². The Balaban J connectivity index is 2.50. The van der Waals surface area contributed by atoms with Crippen molar-refractivity contribution in [3.63, 3.8) is 0 Å². The summed E-state index contributed by atoms with van der Waals surface area (Å²) < 4.78 is 13.1. The number of carboxylic acids is 1. The first-order chi connectivity index (χ1) is 7.58. The van der Waals surface area contributed by atoms with Crippen molar-refractivity contribution < 1.29 is 14.3 Å². The molecule has 0 aliphatic heterocycles. The van der Waals surface area contributed by atoms with Gasteiger partial charge in [0.05, 0.1) is 5.56 Å². The predicted molar refractivity (Wildman–Crippen MR) is 61.4 cm³/mol. The summed E-state index contributed by atoms with van der Waals surface area (Å²) in [7, 11) is 0. The third-order valence-electron chi connectivity index (χ3n) is 2.31. The molecule has 4 heteroatoms. The van der Waals surface area contributed by atoms with Crippen LogP contribution in [0.1, 0.15) is 15.9 Å². The van der Waals surface area contributed by atoms with Gasteiger partial charge in [0.2, 0.25) is 0 Å². The zero-order chi connectivity index (χ0) is 11.7. The van der Waals surface area contributed by atoms with Crippen molar-refractivity contribution in [3.05, 3.63) is 46.6 Å². The minimum Gasteiger partial charge on any atom is -0.478 e. The number of thiophene rings is 1. The number of hydrogen-bond acceptors (Lipinski definition) is 2. The highest BCUT2D eigenvalue weighted by Crippen LogP contribution is 2.30. The molecule has 82 valence electrons. The fourth-order valence-corrected chi connectivity index (χ4v) is 2.41. The summed E-state index contributed by atoms with van der Waals surface area (Å²) in [6.07, 6.45) is 0. The summed E-state index contributed by atoms with van der Waals surface area (Å²) in [5.41, 5.74) is 1.92. The van der Waals surface area contributed by atoms with E-state index in [9.17, 15) is 9.18 Å². The van der Waals surface area contributed by atoms with Gasteiger partial charge in [0.15, 0.2) is 0 Å². The van der Waals surface area contributed by atoms with E-state index < -0.39 is 5.97 Å². The fourth-order valence-electron chi connectivity index (χ4n) is 1.45. The molecule has 1 aromatic carbocycles. The van der Waals surface area contributed by atoms with Gasteiger partial charge in [-0.05, 0) is 36.2 Å². The fraction of sp³-hybridized carbons (Fsp3) is 0.0833. The number of carboxylic acid groups (broad SMARTS) is 1. The second-order valence-corrected chi connectivity index (χ2v) is 4.38. The zero-order valence-corrected chi connectivity index (χ0v) is 9.34. The molecule has 0 saturated carbocycles. The quantitative estimate of drug-likeness (QED) is 0.865. The van der Waals surface area contributed by atoms with Crippen LogP contribution in [0.25, 0.3) is 10.4 Å². The van der Waals surface area contributed by atoms with Crippen LogP contribution in [-0.2, 0) is 0 Å². The van der Waals surface area contributed by atoms with E-state index in [0.717, 1.165) is 16.0 Å². The minimum atomic E-state index is -0.962. The Bertz CT molecular complexity index is 546. The molecule has 0 bridgehead atoms. The van der Waals surface area contributed by atoms with Crippen LogP contribution in [-0.4, -0.2) is 11.1 Å². The van der Waals surface area contributed by atoms with Crippen molar-refractivity contribution >= 4 is 17.3 Å². The highest BCUT2D eigenvalue weighted by molar-refractivity contribution is 7.13. The Kier molecular flexibility index (Phi) is 2.75. The number of benzene rings is 1. The van der Waals surface area contributed by atoms with Crippen LogP contribution in [0.4, 0.5) is 4.39 Å². The van der Waals surface area contributed by atoms with Crippen LogP contribution in [0, 0.1) is 12.7 Å². The monoisotopic (exact) mass is 236 g/mol. The van der Waals surface area contributed by atoms with Crippen molar-refractivity contribution in [2.75, 3.05) is 0 Å². The highest BCUT2D eigenvalue weighted by Gasteiger charge is 2.10. The van der Waals surface area contributed by atoms with E-state index in [4.69, 9.17) is 5.11 Å². The SMILES string of the molecule is Cc1ccc(F)cc1-c1cc(C(=O)O)cs1. The van der Waals surface area contributed by atoms with Gasteiger partial charge in [0.1, 0.15) is 5.82 Å². The van der Waals surface area contributed by atoms with Crippen LogP contribution in [0.2, 0.25) is 0 Å². The average Bonchev–Trinajstić information content (AvgIpc) is 2.70. The summed E-state index contributed by atoms with van der Waals surface area (Å²) in [6, 6.07) is 6.07. The molecule has 16 heavy (non-hydrogen) atoms. The lowest BCUT2D eigenvalue weighted by Crippen LogP contribution is -1.91. The number of aryl methyl sites for hydroxylation is 1. The van der Waals surface area contributed by atoms with Crippen molar-refractivity contribution in [2.45, 2.75) is 6.92 Å².